The number of amides is 1. The second-order valence-electron chi connectivity index (χ2n) is 4.53. The number of halogens is 3. The first-order valence-corrected chi connectivity index (χ1v) is 7.31. The summed E-state index contributed by atoms with van der Waals surface area (Å²) in [7, 11) is 0. The van der Waals surface area contributed by atoms with Crippen molar-refractivity contribution >= 4 is 22.4 Å². The number of pyridine rings is 1. The summed E-state index contributed by atoms with van der Waals surface area (Å²) in [6.07, 6.45) is -2.87. The lowest BCUT2D eigenvalue weighted by Crippen LogP contribution is -2.16. The Morgan fingerprint density at radius 2 is 2.05 bits per heavy atom. The maximum Gasteiger partial charge on any atom is 0.433 e. The number of hydrogen-bond acceptors (Lipinski definition) is 5. The van der Waals surface area contributed by atoms with Gasteiger partial charge in [-0.25, -0.2) is 4.98 Å². The van der Waals surface area contributed by atoms with Gasteiger partial charge in [0.2, 0.25) is 5.13 Å². The van der Waals surface area contributed by atoms with Crippen LogP contribution in [0.4, 0.5) is 18.3 Å². The van der Waals surface area contributed by atoms with Crippen molar-refractivity contribution in [1.82, 2.24) is 15.2 Å². The zero-order valence-electron chi connectivity index (χ0n) is 11.9. The van der Waals surface area contributed by atoms with Gasteiger partial charge in [0.25, 0.3) is 5.91 Å². The third-order valence-corrected chi connectivity index (χ3v) is 3.67. The Morgan fingerprint density at radius 1 is 1.32 bits per heavy atom. The zero-order chi connectivity index (χ0) is 16.3. The summed E-state index contributed by atoms with van der Waals surface area (Å²) >= 11 is 1.24. The first-order valence-electron chi connectivity index (χ1n) is 6.50. The molecule has 0 aliphatic heterocycles. The third kappa shape index (κ3) is 3.79. The molecule has 1 N–H and O–H groups in total. The fraction of sp³-hybridized carbons (Fsp3) is 0.385. The van der Waals surface area contributed by atoms with E-state index in [1.807, 2.05) is 6.92 Å². The second-order valence-corrected chi connectivity index (χ2v) is 5.59. The molecule has 0 saturated heterocycles. The first kappa shape index (κ1) is 16.3. The van der Waals surface area contributed by atoms with E-state index in [2.05, 4.69) is 20.5 Å². The van der Waals surface area contributed by atoms with E-state index < -0.39 is 17.8 Å². The molecule has 0 aliphatic carbocycles. The van der Waals surface area contributed by atoms with Crippen LogP contribution >= 0.6 is 11.3 Å². The van der Waals surface area contributed by atoms with Crippen LogP contribution in [0.1, 0.15) is 40.1 Å². The molecule has 0 spiro atoms. The summed E-state index contributed by atoms with van der Waals surface area (Å²) in [6, 6.07) is 1.89. The minimum atomic E-state index is -4.53. The Morgan fingerprint density at radius 3 is 2.64 bits per heavy atom. The second kappa shape index (κ2) is 6.39. The molecule has 0 aliphatic rings. The standard InChI is InChI=1S/C13H13F3N4OS/c1-3-4-10-19-20-12(22-10)18-11(21)8-5-6-9(13(14,15)16)17-7(8)2/h5-6H,3-4H2,1-2H3,(H,18,20,21). The molecule has 22 heavy (non-hydrogen) atoms. The van der Waals surface area contributed by atoms with E-state index in [1.165, 1.54) is 18.3 Å². The molecule has 1 amide bonds. The van der Waals surface area contributed by atoms with Crippen molar-refractivity contribution in [3.63, 3.8) is 0 Å². The number of nitrogens with zero attached hydrogens (tertiary/aromatic N) is 3. The van der Waals surface area contributed by atoms with Crippen LogP contribution in [0.3, 0.4) is 0 Å². The molecule has 0 radical (unpaired) electrons. The van der Waals surface area contributed by atoms with Crippen molar-refractivity contribution in [2.24, 2.45) is 0 Å². The van der Waals surface area contributed by atoms with Gasteiger partial charge in [-0.05, 0) is 25.5 Å². The summed E-state index contributed by atoms with van der Waals surface area (Å²) in [5.41, 5.74) is -0.950. The van der Waals surface area contributed by atoms with E-state index in [9.17, 15) is 18.0 Å². The maximum atomic E-state index is 12.5. The van der Waals surface area contributed by atoms with Crippen LogP contribution in [0.15, 0.2) is 12.1 Å². The number of carbonyl (C=O) groups excluding carboxylic acids is 1. The Bertz CT molecular complexity index is 684. The molecule has 0 bridgehead atoms. The summed E-state index contributed by atoms with van der Waals surface area (Å²) in [4.78, 5) is 15.5. The minimum Gasteiger partial charge on any atom is -0.296 e. The number of rotatable bonds is 4. The van der Waals surface area contributed by atoms with Gasteiger partial charge in [0, 0.05) is 6.42 Å². The molecule has 2 aromatic rings. The Hall–Kier alpha value is -2.03. The van der Waals surface area contributed by atoms with Crippen molar-refractivity contribution < 1.29 is 18.0 Å². The van der Waals surface area contributed by atoms with Gasteiger partial charge in [-0.2, -0.15) is 13.2 Å². The smallest absolute Gasteiger partial charge is 0.296 e. The quantitative estimate of drug-likeness (QED) is 0.932. The van der Waals surface area contributed by atoms with Crippen molar-refractivity contribution in [3.05, 3.63) is 34.1 Å². The normalized spacial score (nSPS) is 11.5. The predicted octanol–water partition coefficient (Wildman–Crippen LogP) is 3.47. The van der Waals surface area contributed by atoms with E-state index in [4.69, 9.17) is 0 Å². The summed E-state index contributed by atoms with van der Waals surface area (Å²) < 4.78 is 37.6. The summed E-state index contributed by atoms with van der Waals surface area (Å²) in [6.45, 7) is 3.35. The van der Waals surface area contributed by atoms with Crippen LogP contribution in [0.2, 0.25) is 0 Å². The van der Waals surface area contributed by atoms with Gasteiger partial charge in [0.15, 0.2) is 0 Å². The first-order chi connectivity index (χ1) is 10.3. The molecule has 5 nitrogen and oxygen atoms in total. The zero-order valence-corrected chi connectivity index (χ0v) is 12.7. The number of aryl methyl sites for hydroxylation is 2. The summed E-state index contributed by atoms with van der Waals surface area (Å²) in [5.74, 6) is -0.557. The maximum absolute atomic E-state index is 12.5. The highest BCUT2D eigenvalue weighted by Crippen LogP contribution is 2.28. The van der Waals surface area contributed by atoms with Crippen LogP contribution in [0.5, 0.6) is 0 Å². The third-order valence-electron chi connectivity index (χ3n) is 2.77. The van der Waals surface area contributed by atoms with Gasteiger partial charge in [-0.15, -0.1) is 10.2 Å². The number of anilines is 1. The minimum absolute atomic E-state index is 0.00521. The highest BCUT2D eigenvalue weighted by atomic mass is 32.1. The number of nitrogens with one attached hydrogen (secondary N) is 1. The molecule has 2 heterocycles. The van der Waals surface area contributed by atoms with Crippen molar-refractivity contribution in [2.75, 3.05) is 5.32 Å². The average Bonchev–Trinajstić information content (AvgIpc) is 2.85. The van der Waals surface area contributed by atoms with Crippen LogP contribution in [-0.4, -0.2) is 21.1 Å². The molecule has 0 aromatic carbocycles. The van der Waals surface area contributed by atoms with Crippen molar-refractivity contribution in [1.29, 1.82) is 0 Å². The van der Waals surface area contributed by atoms with Gasteiger partial charge in [0.1, 0.15) is 10.7 Å². The van der Waals surface area contributed by atoms with Gasteiger partial charge in [-0.1, -0.05) is 18.3 Å². The van der Waals surface area contributed by atoms with Crippen LogP contribution in [0, 0.1) is 6.92 Å². The van der Waals surface area contributed by atoms with Crippen molar-refractivity contribution in [3.8, 4) is 0 Å². The number of aromatic nitrogens is 3. The summed E-state index contributed by atoms with van der Waals surface area (Å²) in [5, 5.41) is 11.4. The Kier molecular flexibility index (Phi) is 4.74. The number of alkyl halides is 3. The molecule has 0 saturated carbocycles. The molecule has 0 atom stereocenters. The predicted molar refractivity (Wildman–Crippen MR) is 75.8 cm³/mol. The van der Waals surface area contributed by atoms with Crippen LogP contribution in [0.25, 0.3) is 0 Å². The topological polar surface area (TPSA) is 67.8 Å². The molecule has 2 aromatic heterocycles. The van der Waals surface area contributed by atoms with E-state index in [0.717, 1.165) is 30.0 Å². The lowest BCUT2D eigenvalue weighted by Gasteiger charge is -2.09. The SMILES string of the molecule is CCCc1nnc(NC(=O)c2ccc(C(F)(F)F)nc2C)s1. The van der Waals surface area contributed by atoms with E-state index >= 15 is 0 Å². The van der Waals surface area contributed by atoms with Gasteiger partial charge >= 0.3 is 6.18 Å². The fourth-order valence-corrected chi connectivity index (χ4v) is 2.58. The molecule has 0 fully saturated rings. The van der Waals surface area contributed by atoms with Crippen molar-refractivity contribution in [2.45, 2.75) is 32.9 Å². The van der Waals surface area contributed by atoms with Crippen LogP contribution in [-0.2, 0) is 12.6 Å². The van der Waals surface area contributed by atoms with Gasteiger partial charge in [-0.3, -0.25) is 10.1 Å². The Labute approximate surface area is 128 Å². The Balaban J connectivity index is 2.15. The van der Waals surface area contributed by atoms with E-state index in [1.54, 1.807) is 0 Å². The molecule has 118 valence electrons. The number of carbonyl (C=O) groups is 1. The van der Waals surface area contributed by atoms with Gasteiger partial charge < -0.3 is 0 Å². The highest BCUT2D eigenvalue weighted by Gasteiger charge is 2.33. The number of hydrogen-bond donors (Lipinski definition) is 1. The molecule has 9 heteroatoms. The monoisotopic (exact) mass is 330 g/mol. The highest BCUT2D eigenvalue weighted by molar-refractivity contribution is 7.15. The lowest BCUT2D eigenvalue weighted by molar-refractivity contribution is -0.141. The largest absolute Gasteiger partial charge is 0.433 e. The van der Waals surface area contributed by atoms with E-state index in [0.29, 0.717) is 5.13 Å². The van der Waals surface area contributed by atoms with Crippen LogP contribution < -0.4 is 5.32 Å². The molecule has 0 unspecified atom stereocenters. The van der Waals surface area contributed by atoms with Gasteiger partial charge in [0.05, 0.1) is 11.3 Å². The van der Waals surface area contributed by atoms with E-state index in [-0.39, 0.29) is 11.3 Å². The lowest BCUT2D eigenvalue weighted by atomic mass is 10.1. The fourth-order valence-electron chi connectivity index (χ4n) is 1.74. The molecule has 2 rings (SSSR count). The average molecular weight is 330 g/mol. The molecular weight excluding hydrogens is 317 g/mol. The molecular formula is C13H13F3N4OS.